The van der Waals surface area contributed by atoms with E-state index in [1.54, 1.807) is 0 Å². The highest BCUT2D eigenvalue weighted by Crippen LogP contribution is 2.22. The van der Waals surface area contributed by atoms with E-state index < -0.39 is 0 Å². The van der Waals surface area contributed by atoms with E-state index in [9.17, 15) is 0 Å². The van der Waals surface area contributed by atoms with Crippen molar-refractivity contribution in [2.24, 2.45) is 0 Å². The van der Waals surface area contributed by atoms with Gasteiger partial charge in [-0.3, -0.25) is 0 Å². The van der Waals surface area contributed by atoms with Gasteiger partial charge in [-0.25, -0.2) is 0 Å². The maximum Gasteiger partial charge on any atom is 0.0579 e. The summed E-state index contributed by atoms with van der Waals surface area (Å²) >= 11 is 6.08. The number of allylic oxidation sites excluding steroid dienone is 2. The highest BCUT2D eigenvalue weighted by atomic mass is 35.5. The van der Waals surface area contributed by atoms with Crippen molar-refractivity contribution in [3.8, 4) is 0 Å². The van der Waals surface area contributed by atoms with E-state index in [-0.39, 0.29) is 0 Å². The molecule has 0 unspecified atom stereocenters. The smallest absolute Gasteiger partial charge is 0.0579 e. The van der Waals surface area contributed by atoms with Crippen LogP contribution in [0.2, 0.25) is 5.02 Å². The van der Waals surface area contributed by atoms with E-state index in [1.165, 1.54) is 0 Å². The zero-order valence-electron chi connectivity index (χ0n) is 12.2. The molecule has 3 heteroatoms. The number of anilines is 1. The zero-order chi connectivity index (χ0) is 14.4. The molecular weight excluding hydrogens is 256 g/mol. The summed E-state index contributed by atoms with van der Waals surface area (Å²) in [6, 6.07) is 8.34. The van der Waals surface area contributed by atoms with Crippen LogP contribution in [-0.2, 0) is 0 Å². The molecule has 0 saturated carbocycles. The van der Waals surface area contributed by atoms with Gasteiger partial charge in [-0.05, 0) is 45.9 Å². The van der Waals surface area contributed by atoms with Crippen molar-refractivity contribution in [1.29, 1.82) is 0 Å². The van der Waals surface area contributed by atoms with Crippen LogP contribution in [-0.4, -0.2) is 12.6 Å². The summed E-state index contributed by atoms with van der Waals surface area (Å²) in [7, 11) is 0. The first-order valence-electron chi connectivity index (χ1n) is 6.54. The molecule has 0 bridgehead atoms. The Morgan fingerprint density at radius 1 is 1.47 bits per heavy atom. The van der Waals surface area contributed by atoms with Gasteiger partial charge in [-0.1, -0.05) is 30.3 Å². The van der Waals surface area contributed by atoms with Gasteiger partial charge >= 0.3 is 0 Å². The molecule has 0 amide bonds. The molecule has 0 atom stereocenters. The molecule has 0 saturated heterocycles. The van der Waals surface area contributed by atoms with Gasteiger partial charge in [-0.2, -0.15) is 0 Å². The summed E-state index contributed by atoms with van der Waals surface area (Å²) in [6.07, 6.45) is 2.08. The quantitative estimate of drug-likeness (QED) is 0.819. The second-order valence-corrected chi connectivity index (χ2v) is 5.36. The van der Waals surface area contributed by atoms with Gasteiger partial charge in [0.2, 0.25) is 0 Å². The Balaban J connectivity index is 2.93. The van der Waals surface area contributed by atoms with Crippen LogP contribution in [0.3, 0.4) is 0 Å². The Kier molecular flexibility index (Phi) is 5.97. The van der Waals surface area contributed by atoms with Crippen LogP contribution in [0.4, 0.5) is 5.69 Å². The minimum Gasteiger partial charge on any atom is -0.363 e. The molecular formula is C16H23ClN2. The molecule has 0 heterocycles. The molecule has 0 aromatic heterocycles. The lowest BCUT2D eigenvalue weighted by atomic mass is 10.2. The van der Waals surface area contributed by atoms with E-state index in [2.05, 4.69) is 42.8 Å². The number of rotatable bonds is 6. The van der Waals surface area contributed by atoms with Gasteiger partial charge in [0.15, 0.2) is 0 Å². The van der Waals surface area contributed by atoms with Gasteiger partial charge in [0, 0.05) is 28.1 Å². The van der Waals surface area contributed by atoms with Crippen molar-refractivity contribution in [3.63, 3.8) is 0 Å². The molecule has 0 aliphatic rings. The Hall–Kier alpha value is -1.41. The third kappa shape index (κ3) is 4.99. The molecule has 0 radical (unpaired) electrons. The van der Waals surface area contributed by atoms with Crippen LogP contribution >= 0.6 is 11.6 Å². The lowest BCUT2D eigenvalue weighted by molar-refractivity contribution is 0.694. The Morgan fingerprint density at radius 3 is 2.63 bits per heavy atom. The molecule has 19 heavy (non-hydrogen) atoms. The summed E-state index contributed by atoms with van der Waals surface area (Å²) in [4.78, 5) is 2.30. The number of halogens is 1. The highest BCUT2D eigenvalue weighted by molar-refractivity contribution is 6.30. The van der Waals surface area contributed by atoms with Crippen molar-refractivity contribution in [2.45, 2.75) is 33.7 Å². The third-order valence-corrected chi connectivity index (χ3v) is 3.06. The summed E-state index contributed by atoms with van der Waals surface area (Å²) in [5, 5.41) is 4.05. The lowest BCUT2D eigenvalue weighted by Crippen LogP contribution is -2.35. The van der Waals surface area contributed by atoms with Crippen LogP contribution in [0.1, 0.15) is 27.7 Å². The number of benzene rings is 1. The minimum absolute atomic E-state index is 0.389. The first-order chi connectivity index (χ1) is 8.93. The van der Waals surface area contributed by atoms with Crippen molar-refractivity contribution in [3.05, 3.63) is 53.3 Å². The summed E-state index contributed by atoms with van der Waals surface area (Å²) in [6.45, 7) is 13.0. The predicted molar refractivity (Wildman–Crippen MR) is 85.6 cm³/mol. The molecule has 1 N–H and O–H groups in total. The summed E-state index contributed by atoms with van der Waals surface area (Å²) in [5.74, 6) is 0. The largest absolute Gasteiger partial charge is 0.363 e. The number of hydrogen-bond acceptors (Lipinski definition) is 2. The second kappa shape index (κ2) is 7.25. The maximum absolute atomic E-state index is 6.08. The molecule has 1 rings (SSSR count). The van der Waals surface area contributed by atoms with E-state index in [0.717, 1.165) is 28.6 Å². The van der Waals surface area contributed by atoms with Crippen LogP contribution < -0.4 is 10.2 Å². The topological polar surface area (TPSA) is 15.3 Å². The molecule has 0 fully saturated rings. The number of hydrogen-bond donors (Lipinski definition) is 1. The van der Waals surface area contributed by atoms with E-state index in [1.807, 2.05) is 32.0 Å². The Morgan fingerprint density at radius 2 is 2.16 bits per heavy atom. The monoisotopic (exact) mass is 278 g/mol. The second-order valence-electron chi connectivity index (χ2n) is 4.92. The normalized spacial score (nSPS) is 11.6. The molecule has 1 aromatic carbocycles. The van der Waals surface area contributed by atoms with Crippen LogP contribution in [0.15, 0.2) is 48.3 Å². The van der Waals surface area contributed by atoms with Gasteiger partial charge in [-0.15, -0.1) is 0 Å². The maximum atomic E-state index is 6.08. The fourth-order valence-electron chi connectivity index (χ4n) is 1.89. The lowest BCUT2D eigenvalue weighted by Gasteiger charge is -2.30. The van der Waals surface area contributed by atoms with Crippen LogP contribution in [0.5, 0.6) is 0 Å². The average Bonchev–Trinajstić information content (AvgIpc) is 2.33. The third-order valence-electron chi connectivity index (χ3n) is 2.83. The SMILES string of the molecule is C=C(C)N/C(=C\C)CN(c1cccc(Cl)c1)C(C)C. The van der Waals surface area contributed by atoms with Gasteiger partial charge in [0.25, 0.3) is 0 Å². The highest BCUT2D eigenvalue weighted by Gasteiger charge is 2.12. The van der Waals surface area contributed by atoms with Crippen LogP contribution in [0, 0.1) is 0 Å². The molecule has 104 valence electrons. The van der Waals surface area contributed by atoms with Gasteiger partial charge < -0.3 is 10.2 Å². The van der Waals surface area contributed by atoms with Gasteiger partial charge in [0.1, 0.15) is 0 Å². The fraction of sp³-hybridized carbons (Fsp3) is 0.375. The predicted octanol–water partition coefficient (Wildman–Crippen LogP) is 4.58. The minimum atomic E-state index is 0.389. The number of nitrogens with zero attached hydrogens (tertiary/aromatic N) is 1. The van der Waals surface area contributed by atoms with Crippen molar-refractivity contribution in [1.82, 2.24) is 5.32 Å². The Bertz CT molecular complexity index is 464. The Labute approximate surface area is 121 Å². The van der Waals surface area contributed by atoms with E-state index in [0.29, 0.717) is 6.04 Å². The molecule has 0 aliphatic heterocycles. The average molecular weight is 279 g/mol. The summed E-state index contributed by atoms with van der Waals surface area (Å²) < 4.78 is 0. The zero-order valence-corrected chi connectivity index (χ0v) is 13.0. The number of nitrogens with one attached hydrogen (secondary N) is 1. The summed E-state index contributed by atoms with van der Waals surface area (Å²) in [5.41, 5.74) is 3.22. The van der Waals surface area contributed by atoms with Crippen molar-refractivity contribution < 1.29 is 0 Å². The van der Waals surface area contributed by atoms with E-state index in [4.69, 9.17) is 11.6 Å². The molecule has 0 spiro atoms. The molecule has 2 nitrogen and oxygen atoms in total. The van der Waals surface area contributed by atoms with Gasteiger partial charge in [0.05, 0.1) is 6.54 Å². The fourth-order valence-corrected chi connectivity index (χ4v) is 2.07. The first kappa shape index (κ1) is 15.6. The first-order valence-corrected chi connectivity index (χ1v) is 6.91. The van der Waals surface area contributed by atoms with Crippen molar-refractivity contribution >= 4 is 17.3 Å². The van der Waals surface area contributed by atoms with Crippen LogP contribution in [0.25, 0.3) is 0 Å². The molecule has 0 aliphatic carbocycles. The standard InChI is InChI=1S/C16H23ClN2/c1-6-15(18-12(2)3)11-19(13(4)5)16-9-7-8-14(17)10-16/h6-10,13,18H,2,11H2,1,3-5H3/b15-6-. The molecule has 1 aromatic rings. The van der Waals surface area contributed by atoms with Crippen molar-refractivity contribution in [2.75, 3.05) is 11.4 Å². The van der Waals surface area contributed by atoms with E-state index >= 15 is 0 Å².